The molecule has 1 aliphatic rings. The maximum atomic E-state index is 13.0. The lowest BCUT2D eigenvalue weighted by Crippen LogP contribution is -2.38. The van der Waals surface area contributed by atoms with Crippen LogP contribution in [0.1, 0.15) is 4.88 Å². The first-order valence-electron chi connectivity index (χ1n) is 7.31. The number of benzene rings is 1. The minimum atomic E-state index is -1.08. The molecule has 0 bridgehead atoms. The highest BCUT2D eigenvalue weighted by Gasteiger charge is 2.45. The molecule has 7 nitrogen and oxygen atoms in total. The molecule has 0 unspecified atom stereocenters. The summed E-state index contributed by atoms with van der Waals surface area (Å²) in [7, 11) is 0. The van der Waals surface area contributed by atoms with Crippen LogP contribution >= 0.6 is 22.9 Å². The highest BCUT2D eigenvalue weighted by molar-refractivity contribution is 7.09. The Balaban J connectivity index is 1.68. The monoisotopic (exact) mass is 395 g/mol. The molecule has 0 atom stereocenters. The molecule has 1 aromatic heterocycles. The number of rotatable bonds is 5. The summed E-state index contributed by atoms with van der Waals surface area (Å²) < 4.78 is 13.0. The SMILES string of the molecule is O=C(CN1C(=O)C(=O)N(Cc2cccs2)C1=O)Nc1ccc(F)cc1Cl. The zero-order chi connectivity index (χ0) is 18.8. The number of carbonyl (C=O) groups excluding carboxylic acids is 4. The fourth-order valence-corrected chi connectivity index (χ4v) is 3.22. The molecule has 1 aromatic carbocycles. The van der Waals surface area contributed by atoms with Crippen LogP contribution in [0.3, 0.4) is 0 Å². The molecule has 3 rings (SSSR count). The lowest BCUT2D eigenvalue weighted by Gasteiger charge is -2.15. The molecule has 0 aliphatic carbocycles. The number of hydrogen-bond acceptors (Lipinski definition) is 5. The number of halogens is 2. The Bertz CT molecular complexity index is 903. The van der Waals surface area contributed by atoms with E-state index in [0.29, 0.717) is 4.90 Å². The van der Waals surface area contributed by atoms with E-state index >= 15 is 0 Å². The average molecular weight is 396 g/mol. The maximum absolute atomic E-state index is 13.0. The van der Waals surface area contributed by atoms with Crippen molar-refractivity contribution in [2.45, 2.75) is 6.54 Å². The predicted octanol–water partition coefficient (Wildman–Crippen LogP) is 2.47. The molecule has 10 heteroatoms. The Labute approximate surface area is 155 Å². The summed E-state index contributed by atoms with van der Waals surface area (Å²) in [5.74, 6) is -3.39. The number of carbonyl (C=O) groups is 4. The molecule has 1 N–H and O–H groups in total. The van der Waals surface area contributed by atoms with Crippen molar-refractivity contribution in [3.63, 3.8) is 0 Å². The van der Waals surface area contributed by atoms with Crippen LogP contribution in [0.15, 0.2) is 35.7 Å². The number of anilines is 1. The average Bonchev–Trinajstić information content (AvgIpc) is 3.17. The van der Waals surface area contributed by atoms with Crippen molar-refractivity contribution in [2.75, 3.05) is 11.9 Å². The Morgan fingerprint density at radius 2 is 1.88 bits per heavy atom. The van der Waals surface area contributed by atoms with Gasteiger partial charge in [0.05, 0.1) is 17.3 Å². The zero-order valence-electron chi connectivity index (χ0n) is 13.1. The van der Waals surface area contributed by atoms with E-state index in [1.165, 1.54) is 17.4 Å². The molecule has 1 saturated heterocycles. The van der Waals surface area contributed by atoms with Crippen LogP contribution in [0.4, 0.5) is 14.9 Å². The van der Waals surface area contributed by atoms with Gasteiger partial charge in [0.1, 0.15) is 12.4 Å². The van der Waals surface area contributed by atoms with Crippen molar-refractivity contribution in [3.8, 4) is 0 Å². The summed E-state index contributed by atoms with van der Waals surface area (Å²) in [5, 5.41) is 4.11. The van der Waals surface area contributed by atoms with Crippen LogP contribution in [0.2, 0.25) is 5.02 Å². The van der Waals surface area contributed by atoms with Crippen LogP contribution in [-0.4, -0.2) is 40.1 Å². The van der Waals surface area contributed by atoms with Crippen LogP contribution in [0, 0.1) is 5.82 Å². The van der Waals surface area contributed by atoms with Crippen molar-refractivity contribution in [1.82, 2.24) is 9.80 Å². The molecule has 0 saturated carbocycles. The van der Waals surface area contributed by atoms with Crippen LogP contribution in [0.5, 0.6) is 0 Å². The van der Waals surface area contributed by atoms with Crippen LogP contribution in [0.25, 0.3) is 0 Å². The van der Waals surface area contributed by atoms with Gasteiger partial charge in [0.25, 0.3) is 0 Å². The van der Waals surface area contributed by atoms with Crippen LogP contribution < -0.4 is 5.32 Å². The molecular formula is C16H11ClFN3O4S. The Morgan fingerprint density at radius 3 is 2.54 bits per heavy atom. The molecular weight excluding hydrogens is 385 g/mol. The molecule has 2 heterocycles. The van der Waals surface area contributed by atoms with E-state index in [4.69, 9.17) is 11.6 Å². The third-order valence-corrected chi connectivity index (χ3v) is 4.71. The fourth-order valence-electron chi connectivity index (χ4n) is 2.31. The van der Waals surface area contributed by atoms with E-state index in [-0.39, 0.29) is 17.3 Å². The first kappa shape index (κ1) is 18.0. The second-order valence-corrected chi connectivity index (χ2v) is 6.76. The normalized spacial score (nSPS) is 14.3. The molecule has 5 amide bonds. The van der Waals surface area contributed by atoms with Gasteiger partial charge in [0.2, 0.25) is 5.91 Å². The van der Waals surface area contributed by atoms with E-state index in [2.05, 4.69) is 5.32 Å². The second-order valence-electron chi connectivity index (χ2n) is 5.32. The third-order valence-electron chi connectivity index (χ3n) is 3.54. The van der Waals surface area contributed by atoms with E-state index in [1.807, 2.05) is 0 Å². The van der Waals surface area contributed by atoms with Crippen LogP contribution in [-0.2, 0) is 20.9 Å². The second kappa shape index (κ2) is 7.22. The van der Waals surface area contributed by atoms with Gasteiger partial charge in [-0.05, 0) is 29.6 Å². The maximum Gasteiger partial charge on any atom is 0.335 e. The van der Waals surface area contributed by atoms with Gasteiger partial charge >= 0.3 is 17.8 Å². The predicted molar refractivity (Wildman–Crippen MR) is 92.0 cm³/mol. The third kappa shape index (κ3) is 3.58. The van der Waals surface area contributed by atoms with E-state index in [1.54, 1.807) is 17.5 Å². The molecule has 1 fully saturated rings. The van der Waals surface area contributed by atoms with Crippen molar-refractivity contribution in [2.24, 2.45) is 0 Å². The number of hydrogen-bond donors (Lipinski definition) is 1. The zero-order valence-corrected chi connectivity index (χ0v) is 14.6. The number of urea groups is 1. The number of thiophene rings is 1. The quantitative estimate of drug-likeness (QED) is 0.622. The van der Waals surface area contributed by atoms with Crippen molar-refractivity contribution in [1.29, 1.82) is 0 Å². The first-order valence-corrected chi connectivity index (χ1v) is 8.57. The first-order chi connectivity index (χ1) is 12.4. The Morgan fingerprint density at radius 1 is 1.15 bits per heavy atom. The summed E-state index contributed by atoms with van der Waals surface area (Å²) in [6, 6.07) is 5.97. The van der Waals surface area contributed by atoms with E-state index < -0.39 is 36.1 Å². The molecule has 0 radical (unpaired) electrons. The van der Waals surface area contributed by atoms with Gasteiger partial charge in [-0.25, -0.2) is 14.1 Å². The van der Waals surface area contributed by atoms with Gasteiger partial charge in [0.15, 0.2) is 0 Å². The van der Waals surface area contributed by atoms with Gasteiger partial charge in [-0.1, -0.05) is 17.7 Å². The number of nitrogens with one attached hydrogen (secondary N) is 1. The number of imide groups is 2. The van der Waals surface area contributed by atoms with E-state index in [9.17, 15) is 23.6 Å². The summed E-state index contributed by atoms with van der Waals surface area (Å²) in [5.41, 5.74) is 0.124. The lowest BCUT2D eigenvalue weighted by molar-refractivity contribution is -0.143. The van der Waals surface area contributed by atoms with Crippen molar-refractivity contribution in [3.05, 3.63) is 51.4 Å². The van der Waals surface area contributed by atoms with Crippen molar-refractivity contribution < 1.29 is 23.6 Å². The standard InChI is InChI=1S/C16H11ClFN3O4S/c17-11-6-9(18)3-4-12(11)19-13(22)8-21-15(24)14(23)20(16(21)25)7-10-2-1-5-26-10/h1-6H,7-8H2,(H,19,22). The van der Waals surface area contributed by atoms with Gasteiger partial charge in [-0.2, -0.15) is 0 Å². The lowest BCUT2D eigenvalue weighted by atomic mass is 10.3. The fraction of sp³-hybridized carbons (Fsp3) is 0.125. The van der Waals surface area contributed by atoms with Gasteiger partial charge in [-0.3, -0.25) is 19.3 Å². The molecule has 26 heavy (non-hydrogen) atoms. The molecule has 134 valence electrons. The Hall–Kier alpha value is -2.78. The smallest absolute Gasteiger partial charge is 0.323 e. The molecule has 1 aliphatic heterocycles. The topological polar surface area (TPSA) is 86.8 Å². The summed E-state index contributed by atoms with van der Waals surface area (Å²) >= 11 is 7.14. The van der Waals surface area contributed by atoms with Gasteiger partial charge in [-0.15, -0.1) is 11.3 Å². The minimum absolute atomic E-state index is 0.0344. The van der Waals surface area contributed by atoms with Crippen molar-refractivity contribution >= 4 is 52.4 Å². The highest BCUT2D eigenvalue weighted by Crippen LogP contribution is 2.23. The van der Waals surface area contributed by atoms with Gasteiger partial charge < -0.3 is 5.32 Å². The van der Waals surface area contributed by atoms with Gasteiger partial charge in [0, 0.05) is 4.88 Å². The molecule has 0 spiro atoms. The largest absolute Gasteiger partial charge is 0.335 e. The number of nitrogens with zero attached hydrogens (tertiary/aromatic N) is 2. The van der Waals surface area contributed by atoms with E-state index in [0.717, 1.165) is 21.9 Å². The summed E-state index contributed by atoms with van der Waals surface area (Å²) in [4.78, 5) is 50.5. The highest BCUT2D eigenvalue weighted by atomic mass is 35.5. The summed E-state index contributed by atoms with van der Waals surface area (Å²) in [6.07, 6.45) is 0. The number of amides is 5. The molecule has 2 aromatic rings. The Kier molecular flexibility index (Phi) is 5.01. The minimum Gasteiger partial charge on any atom is -0.323 e. The summed E-state index contributed by atoms with van der Waals surface area (Å²) in [6.45, 7) is -0.693.